The molecule has 7 heteroatoms. The van der Waals surface area contributed by atoms with Crippen LogP contribution in [0, 0.1) is 0 Å². The summed E-state index contributed by atoms with van der Waals surface area (Å²) in [7, 11) is 1.36. The molecule has 1 aliphatic rings. The lowest BCUT2D eigenvalue weighted by Gasteiger charge is -2.20. The summed E-state index contributed by atoms with van der Waals surface area (Å²) in [6, 6.07) is -0.301. The molecule has 1 saturated heterocycles. The van der Waals surface area contributed by atoms with E-state index in [1.165, 1.54) is 7.11 Å². The van der Waals surface area contributed by atoms with Crippen LogP contribution in [0.3, 0.4) is 0 Å². The Hall–Kier alpha value is -0.950. The van der Waals surface area contributed by atoms with Crippen LogP contribution in [0.1, 0.15) is 20.8 Å². The third-order valence-corrected chi connectivity index (χ3v) is 3.40. The molecule has 0 aromatic heterocycles. The van der Waals surface area contributed by atoms with Gasteiger partial charge in [0.1, 0.15) is 11.6 Å². The lowest BCUT2D eigenvalue weighted by Crippen LogP contribution is -2.43. The van der Waals surface area contributed by atoms with Crippen molar-refractivity contribution in [1.29, 1.82) is 0 Å². The van der Waals surface area contributed by atoms with E-state index in [1.54, 1.807) is 11.8 Å². The molecule has 0 spiro atoms. The third kappa shape index (κ3) is 5.14. The molecule has 1 fully saturated rings. The average molecular weight is 276 g/mol. The van der Waals surface area contributed by atoms with Crippen LogP contribution in [0.2, 0.25) is 0 Å². The number of ether oxygens (including phenoxy) is 2. The summed E-state index contributed by atoms with van der Waals surface area (Å²) in [5, 5.41) is 5.74. The van der Waals surface area contributed by atoms with Crippen LogP contribution in [-0.2, 0) is 14.3 Å². The van der Waals surface area contributed by atoms with Gasteiger partial charge < -0.3 is 14.8 Å². The van der Waals surface area contributed by atoms with Crippen LogP contribution in [-0.4, -0.2) is 48.5 Å². The van der Waals surface area contributed by atoms with Gasteiger partial charge in [-0.1, -0.05) is 0 Å². The maximum atomic E-state index is 11.4. The molecular formula is C11H20N2O4S. The highest BCUT2D eigenvalue weighted by Crippen LogP contribution is 2.18. The van der Waals surface area contributed by atoms with E-state index in [2.05, 4.69) is 15.4 Å². The van der Waals surface area contributed by atoms with Crippen molar-refractivity contribution in [3.63, 3.8) is 0 Å². The summed E-state index contributed by atoms with van der Waals surface area (Å²) < 4.78 is 9.76. The van der Waals surface area contributed by atoms with E-state index < -0.39 is 11.7 Å². The molecule has 0 aromatic carbocycles. The van der Waals surface area contributed by atoms with E-state index in [-0.39, 0.29) is 17.4 Å². The number of methoxy groups -OCH3 is 1. The van der Waals surface area contributed by atoms with E-state index >= 15 is 0 Å². The molecule has 0 bridgehead atoms. The lowest BCUT2D eigenvalue weighted by molar-refractivity contribution is -0.142. The first kappa shape index (κ1) is 15.1. The Bertz CT molecular complexity index is 317. The van der Waals surface area contributed by atoms with Crippen LogP contribution in [0.15, 0.2) is 0 Å². The molecule has 0 saturated carbocycles. The van der Waals surface area contributed by atoms with Crippen molar-refractivity contribution < 1.29 is 19.1 Å². The van der Waals surface area contributed by atoms with Gasteiger partial charge in [-0.2, -0.15) is 0 Å². The Morgan fingerprint density at radius 2 is 2.11 bits per heavy atom. The summed E-state index contributed by atoms with van der Waals surface area (Å²) in [6.07, 6.45) is -0.452. The minimum Gasteiger partial charge on any atom is -0.468 e. The number of nitrogens with one attached hydrogen (secondary N) is 2. The Balaban J connectivity index is 2.26. The van der Waals surface area contributed by atoms with Gasteiger partial charge in [0, 0.05) is 12.3 Å². The molecule has 104 valence electrons. The number of thioether (sulfide) groups is 1. The number of amides is 1. The van der Waals surface area contributed by atoms with Crippen molar-refractivity contribution in [2.24, 2.45) is 0 Å². The summed E-state index contributed by atoms with van der Waals surface area (Å²) in [6.45, 7) is 5.83. The van der Waals surface area contributed by atoms with Crippen molar-refractivity contribution in [2.45, 2.75) is 37.8 Å². The minimum absolute atomic E-state index is 0.00150. The standard InChI is InChI=1S/C11H20N2O4S/c1-11(2,3)17-10(15)12-5-8-13-7(6-18-8)9(14)16-4/h7-8,13H,5-6H2,1-4H3,(H,12,15)/t7-,8?/m0/s1. The first-order valence-electron chi connectivity index (χ1n) is 5.74. The van der Waals surface area contributed by atoms with Gasteiger partial charge in [0.25, 0.3) is 0 Å². The third-order valence-electron chi connectivity index (χ3n) is 2.17. The highest BCUT2D eigenvalue weighted by atomic mass is 32.2. The lowest BCUT2D eigenvalue weighted by atomic mass is 10.2. The van der Waals surface area contributed by atoms with Crippen LogP contribution in [0.25, 0.3) is 0 Å². The van der Waals surface area contributed by atoms with Crippen LogP contribution >= 0.6 is 11.8 Å². The molecule has 0 radical (unpaired) electrons. The van der Waals surface area contributed by atoms with Crippen molar-refractivity contribution in [1.82, 2.24) is 10.6 Å². The summed E-state index contributed by atoms with van der Waals surface area (Å²) >= 11 is 1.57. The highest BCUT2D eigenvalue weighted by Gasteiger charge is 2.30. The predicted molar refractivity (Wildman–Crippen MR) is 69.4 cm³/mol. The summed E-state index contributed by atoms with van der Waals surface area (Å²) in [5.74, 6) is 0.370. The quantitative estimate of drug-likeness (QED) is 0.740. The number of hydrogen-bond acceptors (Lipinski definition) is 6. The van der Waals surface area contributed by atoms with Gasteiger partial charge in [-0.15, -0.1) is 11.8 Å². The van der Waals surface area contributed by atoms with Gasteiger partial charge in [0.2, 0.25) is 0 Å². The number of carbonyl (C=O) groups is 2. The number of carbonyl (C=O) groups excluding carboxylic acids is 2. The first-order valence-corrected chi connectivity index (χ1v) is 6.79. The van der Waals surface area contributed by atoms with Crippen LogP contribution in [0.4, 0.5) is 4.79 Å². The first-order chi connectivity index (χ1) is 8.31. The van der Waals surface area contributed by atoms with Crippen LogP contribution < -0.4 is 10.6 Å². The Morgan fingerprint density at radius 1 is 1.44 bits per heavy atom. The molecule has 18 heavy (non-hydrogen) atoms. The number of rotatable bonds is 3. The smallest absolute Gasteiger partial charge is 0.407 e. The molecule has 1 amide bonds. The second-order valence-electron chi connectivity index (χ2n) is 4.95. The van der Waals surface area contributed by atoms with Gasteiger partial charge >= 0.3 is 12.1 Å². The second-order valence-corrected chi connectivity index (χ2v) is 6.18. The monoisotopic (exact) mass is 276 g/mol. The van der Waals surface area contributed by atoms with Crippen LogP contribution in [0.5, 0.6) is 0 Å². The average Bonchev–Trinajstić information content (AvgIpc) is 2.71. The number of alkyl carbamates (subject to hydrolysis) is 1. The van der Waals surface area contributed by atoms with Gasteiger partial charge in [0.05, 0.1) is 12.5 Å². The summed E-state index contributed by atoms with van der Waals surface area (Å²) in [5.41, 5.74) is -0.505. The molecule has 1 rings (SSSR count). The van der Waals surface area contributed by atoms with Crippen molar-refractivity contribution >= 4 is 23.8 Å². The van der Waals surface area contributed by atoms with Gasteiger partial charge in [-0.05, 0) is 20.8 Å². The molecule has 0 aromatic rings. The minimum atomic E-state index is -0.505. The number of hydrogen-bond donors (Lipinski definition) is 2. The maximum absolute atomic E-state index is 11.4. The highest BCUT2D eigenvalue weighted by molar-refractivity contribution is 8.00. The zero-order valence-corrected chi connectivity index (χ0v) is 11.9. The van der Waals surface area contributed by atoms with Crippen molar-refractivity contribution in [3.8, 4) is 0 Å². The predicted octanol–water partition coefficient (Wildman–Crippen LogP) is 0.715. The van der Waals surface area contributed by atoms with E-state index in [1.807, 2.05) is 20.8 Å². The fourth-order valence-electron chi connectivity index (χ4n) is 1.42. The van der Waals surface area contributed by atoms with E-state index in [4.69, 9.17) is 4.74 Å². The van der Waals surface area contributed by atoms with E-state index in [9.17, 15) is 9.59 Å². The SMILES string of the molecule is COC(=O)[C@@H]1CSC(CNC(=O)OC(C)(C)C)N1. The van der Waals surface area contributed by atoms with Crippen molar-refractivity contribution in [2.75, 3.05) is 19.4 Å². The van der Waals surface area contributed by atoms with Gasteiger partial charge in [-0.25, -0.2) is 4.79 Å². The van der Waals surface area contributed by atoms with Crippen molar-refractivity contribution in [3.05, 3.63) is 0 Å². The Morgan fingerprint density at radius 3 is 2.67 bits per heavy atom. The zero-order chi connectivity index (χ0) is 13.8. The Kier molecular flexibility index (Phi) is 5.28. The fourth-order valence-corrected chi connectivity index (χ4v) is 2.54. The maximum Gasteiger partial charge on any atom is 0.407 e. The molecule has 2 N–H and O–H groups in total. The van der Waals surface area contributed by atoms with E-state index in [0.717, 1.165) is 0 Å². The van der Waals surface area contributed by atoms with Gasteiger partial charge in [0.15, 0.2) is 0 Å². The van der Waals surface area contributed by atoms with Gasteiger partial charge in [-0.3, -0.25) is 10.1 Å². The fraction of sp³-hybridized carbons (Fsp3) is 0.818. The topological polar surface area (TPSA) is 76.7 Å². The Labute approximate surface area is 111 Å². The molecule has 1 heterocycles. The molecular weight excluding hydrogens is 256 g/mol. The molecule has 0 aliphatic carbocycles. The van der Waals surface area contributed by atoms with E-state index in [0.29, 0.717) is 12.3 Å². The molecule has 1 unspecified atom stereocenters. The molecule has 6 nitrogen and oxygen atoms in total. The normalized spacial score (nSPS) is 23.6. The second kappa shape index (κ2) is 6.29. The number of esters is 1. The molecule has 1 aliphatic heterocycles. The summed E-state index contributed by atoms with van der Waals surface area (Å²) in [4.78, 5) is 22.7. The largest absolute Gasteiger partial charge is 0.468 e. The zero-order valence-electron chi connectivity index (χ0n) is 11.1. The molecule has 2 atom stereocenters.